The second kappa shape index (κ2) is 7.74. The van der Waals surface area contributed by atoms with Gasteiger partial charge in [0, 0.05) is 13.6 Å². The smallest absolute Gasteiger partial charge is 0.225 e. The average Bonchev–Trinajstić information content (AvgIpc) is 2.38. The van der Waals surface area contributed by atoms with E-state index in [4.69, 9.17) is 9.84 Å². The Hall–Kier alpha value is -1.62. The van der Waals surface area contributed by atoms with E-state index < -0.39 is 6.10 Å². The Morgan fingerprint density at radius 3 is 2.63 bits per heavy atom. The highest BCUT2D eigenvalue weighted by atomic mass is 19.1. The summed E-state index contributed by atoms with van der Waals surface area (Å²) in [5, 5.41) is 9.14. The minimum atomic E-state index is -0.411. The van der Waals surface area contributed by atoms with Crippen molar-refractivity contribution >= 4 is 5.91 Å². The Kier molecular flexibility index (Phi) is 6.29. The number of benzene rings is 1. The zero-order valence-electron chi connectivity index (χ0n) is 11.3. The second-order valence-corrected chi connectivity index (χ2v) is 4.51. The molecule has 5 heteroatoms. The Morgan fingerprint density at radius 2 is 2.05 bits per heavy atom. The Morgan fingerprint density at radius 1 is 1.42 bits per heavy atom. The molecule has 1 unspecified atom stereocenters. The summed E-state index contributed by atoms with van der Waals surface area (Å²) >= 11 is 0. The summed E-state index contributed by atoms with van der Waals surface area (Å²) in [7, 11) is 1.70. The molecule has 0 heterocycles. The molecular formula is C14H20FNO3. The molecule has 0 radical (unpaired) electrons. The van der Waals surface area contributed by atoms with Crippen molar-refractivity contribution in [2.75, 3.05) is 20.2 Å². The van der Waals surface area contributed by atoms with Gasteiger partial charge in [-0.25, -0.2) is 4.39 Å². The van der Waals surface area contributed by atoms with Gasteiger partial charge in [0.25, 0.3) is 0 Å². The van der Waals surface area contributed by atoms with Crippen molar-refractivity contribution in [2.45, 2.75) is 25.9 Å². The Bertz CT molecular complexity index is 392. The summed E-state index contributed by atoms with van der Waals surface area (Å²) in [6.45, 7) is 2.46. The van der Waals surface area contributed by atoms with Crippen LogP contribution in [0.15, 0.2) is 24.3 Å². The van der Waals surface area contributed by atoms with Crippen LogP contribution >= 0.6 is 0 Å². The number of rotatable bonds is 7. The molecule has 0 spiro atoms. The van der Waals surface area contributed by atoms with Crippen molar-refractivity contribution in [3.63, 3.8) is 0 Å². The van der Waals surface area contributed by atoms with E-state index in [1.165, 1.54) is 24.3 Å². The molecule has 0 bridgehead atoms. The van der Waals surface area contributed by atoms with Crippen LogP contribution in [0.2, 0.25) is 0 Å². The van der Waals surface area contributed by atoms with Crippen LogP contribution in [-0.2, 0) is 4.79 Å². The van der Waals surface area contributed by atoms with Gasteiger partial charge in [-0.05, 0) is 37.6 Å². The fourth-order valence-corrected chi connectivity index (χ4v) is 1.48. The first-order valence-electron chi connectivity index (χ1n) is 6.29. The van der Waals surface area contributed by atoms with Gasteiger partial charge in [0.05, 0.1) is 19.1 Å². The first kappa shape index (κ1) is 15.4. The molecule has 1 aromatic carbocycles. The zero-order chi connectivity index (χ0) is 14.3. The van der Waals surface area contributed by atoms with Gasteiger partial charge in [0.2, 0.25) is 5.91 Å². The SMILES string of the molecule is CC(O)CCN(C)C(=O)CCOc1ccc(F)cc1. The molecule has 19 heavy (non-hydrogen) atoms. The van der Waals surface area contributed by atoms with E-state index in [9.17, 15) is 9.18 Å². The van der Waals surface area contributed by atoms with Gasteiger partial charge < -0.3 is 14.7 Å². The van der Waals surface area contributed by atoms with Gasteiger partial charge in [-0.15, -0.1) is 0 Å². The lowest BCUT2D eigenvalue weighted by atomic mass is 10.2. The van der Waals surface area contributed by atoms with Crippen LogP contribution in [0.5, 0.6) is 5.75 Å². The van der Waals surface area contributed by atoms with Gasteiger partial charge in [-0.2, -0.15) is 0 Å². The van der Waals surface area contributed by atoms with Gasteiger partial charge in [-0.3, -0.25) is 4.79 Å². The van der Waals surface area contributed by atoms with E-state index in [-0.39, 0.29) is 24.8 Å². The van der Waals surface area contributed by atoms with Crippen LogP contribution in [-0.4, -0.2) is 42.2 Å². The third-order valence-electron chi connectivity index (χ3n) is 2.71. The molecular weight excluding hydrogens is 249 g/mol. The van der Waals surface area contributed by atoms with Crippen LogP contribution in [0.1, 0.15) is 19.8 Å². The molecule has 0 aromatic heterocycles. The van der Waals surface area contributed by atoms with Crippen LogP contribution < -0.4 is 4.74 Å². The molecule has 106 valence electrons. The van der Waals surface area contributed by atoms with Gasteiger partial charge in [0.1, 0.15) is 11.6 Å². The van der Waals surface area contributed by atoms with Crippen LogP contribution in [0, 0.1) is 5.82 Å². The number of aliphatic hydroxyl groups excluding tert-OH is 1. The van der Waals surface area contributed by atoms with Crippen molar-refractivity contribution in [1.29, 1.82) is 0 Å². The first-order chi connectivity index (χ1) is 8.99. The van der Waals surface area contributed by atoms with Crippen LogP contribution in [0.25, 0.3) is 0 Å². The van der Waals surface area contributed by atoms with E-state index in [0.29, 0.717) is 18.7 Å². The summed E-state index contributed by atoms with van der Waals surface area (Å²) < 4.78 is 18.0. The maximum atomic E-state index is 12.7. The highest BCUT2D eigenvalue weighted by molar-refractivity contribution is 5.75. The molecule has 1 aromatic rings. The number of aliphatic hydroxyl groups is 1. The van der Waals surface area contributed by atoms with Crippen molar-refractivity contribution in [3.8, 4) is 5.75 Å². The van der Waals surface area contributed by atoms with Gasteiger partial charge in [0.15, 0.2) is 0 Å². The molecule has 0 aliphatic heterocycles. The first-order valence-corrected chi connectivity index (χ1v) is 6.29. The standard InChI is InChI=1S/C14H20FNO3/c1-11(17)7-9-16(2)14(18)8-10-19-13-5-3-12(15)4-6-13/h3-6,11,17H,7-10H2,1-2H3. The van der Waals surface area contributed by atoms with Crippen LogP contribution in [0.4, 0.5) is 4.39 Å². The third-order valence-corrected chi connectivity index (χ3v) is 2.71. The monoisotopic (exact) mass is 269 g/mol. The largest absolute Gasteiger partial charge is 0.493 e. The fourth-order valence-electron chi connectivity index (χ4n) is 1.48. The molecule has 0 saturated heterocycles. The Labute approximate surface area is 112 Å². The molecule has 0 saturated carbocycles. The van der Waals surface area contributed by atoms with Crippen LogP contribution in [0.3, 0.4) is 0 Å². The fraction of sp³-hybridized carbons (Fsp3) is 0.500. The lowest BCUT2D eigenvalue weighted by Crippen LogP contribution is -2.30. The molecule has 0 fully saturated rings. The molecule has 1 atom stereocenters. The van der Waals surface area contributed by atoms with Crippen molar-refractivity contribution < 1.29 is 19.0 Å². The van der Waals surface area contributed by atoms with Gasteiger partial charge >= 0.3 is 0 Å². The number of carbonyl (C=O) groups is 1. The molecule has 1 N–H and O–H groups in total. The molecule has 1 amide bonds. The summed E-state index contributed by atoms with van der Waals surface area (Å²) in [6, 6.07) is 5.67. The minimum Gasteiger partial charge on any atom is -0.493 e. The molecule has 0 aliphatic carbocycles. The van der Waals surface area contributed by atoms with E-state index >= 15 is 0 Å². The number of ether oxygens (including phenoxy) is 1. The summed E-state index contributed by atoms with van der Waals surface area (Å²) in [6.07, 6.45) is 0.403. The van der Waals surface area contributed by atoms with Crippen molar-refractivity contribution in [2.24, 2.45) is 0 Å². The zero-order valence-corrected chi connectivity index (χ0v) is 11.3. The second-order valence-electron chi connectivity index (χ2n) is 4.51. The van der Waals surface area contributed by atoms with E-state index in [0.717, 1.165) is 0 Å². The summed E-state index contributed by atoms with van der Waals surface area (Å²) in [5.41, 5.74) is 0. The average molecular weight is 269 g/mol. The summed E-state index contributed by atoms with van der Waals surface area (Å²) in [4.78, 5) is 13.3. The van der Waals surface area contributed by atoms with E-state index in [1.807, 2.05) is 0 Å². The minimum absolute atomic E-state index is 0.0391. The number of halogens is 1. The number of hydrogen-bond donors (Lipinski definition) is 1. The summed E-state index contributed by atoms with van der Waals surface area (Å²) in [5.74, 6) is 0.185. The highest BCUT2D eigenvalue weighted by Gasteiger charge is 2.09. The molecule has 4 nitrogen and oxygen atoms in total. The van der Waals surface area contributed by atoms with Gasteiger partial charge in [-0.1, -0.05) is 0 Å². The quantitative estimate of drug-likeness (QED) is 0.821. The Balaban J connectivity index is 2.24. The van der Waals surface area contributed by atoms with Crippen molar-refractivity contribution in [3.05, 3.63) is 30.1 Å². The maximum absolute atomic E-state index is 12.7. The number of nitrogens with zero attached hydrogens (tertiary/aromatic N) is 1. The van der Waals surface area contributed by atoms with E-state index in [2.05, 4.69) is 0 Å². The number of carbonyl (C=O) groups excluding carboxylic acids is 1. The lowest BCUT2D eigenvalue weighted by Gasteiger charge is -2.18. The lowest BCUT2D eigenvalue weighted by molar-refractivity contribution is -0.130. The number of hydrogen-bond acceptors (Lipinski definition) is 3. The normalized spacial score (nSPS) is 12.0. The molecule has 1 rings (SSSR count). The van der Waals surface area contributed by atoms with Crippen molar-refractivity contribution in [1.82, 2.24) is 4.90 Å². The predicted molar refractivity (Wildman–Crippen MR) is 70.4 cm³/mol. The molecule has 0 aliphatic rings. The number of amides is 1. The maximum Gasteiger partial charge on any atom is 0.225 e. The third kappa shape index (κ3) is 6.20. The topological polar surface area (TPSA) is 49.8 Å². The predicted octanol–water partition coefficient (Wildman–Crippen LogP) is 1.82. The van der Waals surface area contributed by atoms with E-state index in [1.54, 1.807) is 18.9 Å². The highest BCUT2D eigenvalue weighted by Crippen LogP contribution is 2.11.